The molecule has 0 heteroatoms. The van der Waals surface area contributed by atoms with Gasteiger partial charge in [-0.2, -0.15) is 0 Å². The van der Waals surface area contributed by atoms with E-state index in [1.165, 1.54) is 22.3 Å². The maximum atomic E-state index is 3.76. The van der Waals surface area contributed by atoms with Gasteiger partial charge in [-0.1, -0.05) is 60.2 Å². The first-order chi connectivity index (χ1) is 8.78. The lowest BCUT2D eigenvalue weighted by molar-refractivity contribution is 0.957. The fourth-order valence-corrected chi connectivity index (χ4v) is 2.05. The molecule has 0 aliphatic carbocycles. The average molecular weight is 236 g/mol. The van der Waals surface area contributed by atoms with Crippen molar-refractivity contribution in [3.63, 3.8) is 0 Å². The zero-order chi connectivity index (χ0) is 12.8. The van der Waals surface area contributed by atoms with E-state index < -0.39 is 0 Å². The molecule has 0 unspecified atom stereocenters. The van der Waals surface area contributed by atoms with Gasteiger partial charge in [-0.25, -0.2) is 0 Å². The van der Waals surface area contributed by atoms with Crippen molar-refractivity contribution in [1.82, 2.24) is 0 Å². The van der Waals surface area contributed by atoms with Crippen LogP contribution in [0.4, 0.5) is 0 Å². The van der Waals surface area contributed by atoms with Gasteiger partial charge in [0.25, 0.3) is 0 Å². The molecule has 0 N–H and O–H groups in total. The van der Waals surface area contributed by atoms with Crippen molar-refractivity contribution in [2.75, 3.05) is 0 Å². The highest BCUT2D eigenvalue weighted by Gasteiger charge is 1.96. The summed E-state index contributed by atoms with van der Waals surface area (Å²) < 4.78 is 0. The summed E-state index contributed by atoms with van der Waals surface area (Å²) in [5.74, 6) is 0. The normalized spacial score (nSPS) is 10.3. The number of allylic oxidation sites excluding steroid dienone is 1. The molecule has 0 radical (unpaired) electrons. The van der Waals surface area contributed by atoms with Crippen LogP contribution in [0.5, 0.6) is 0 Å². The second-order valence-electron chi connectivity index (χ2n) is 4.79. The highest BCUT2D eigenvalue weighted by molar-refractivity contribution is 5.26. The molecule has 0 nitrogen and oxygen atoms in total. The number of hydrogen-bond acceptors (Lipinski definition) is 0. The molecule has 92 valence electrons. The van der Waals surface area contributed by atoms with E-state index in [0.717, 1.165) is 19.3 Å². The Bertz CT molecular complexity index is 489. The summed E-state index contributed by atoms with van der Waals surface area (Å²) in [6.07, 6.45) is 5.12. The Hall–Kier alpha value is -1.82. The van der Waals surface area contributed by atoms with Gasteiger partial charge in [-0.05, 0) is 42.9 Å². The highest BCUT2D eigenvalue weighted by atomic mass is 14.0. The molecule has 0 aromatic heterocycles. The standard InChI is InChI=1S/C18H20/c1-3-4-16-9-11-18(12-10-16)14-13-17-7-5-15(2)6-8-17/h3,5-12H,1,4,13-14H2,2H3. The van der Waals surface area contributed by atoms with Crippen molar-refractivity contribution in [3.05, 3.63) is 83.4 Å². The minimum absolute atomic E-state index is 0.957. The third-order valence-corrected chi connectivity index (χ3v) is 3.23. The Labute approximate surface area is 110 Å². The molecule has 2 rings (SSSR count). The van der Waals surface area contributed by atoms with Crippen LogP contribution in [0.3, 0.4) is 0 Å². The van der Waals surface area contributed by atoms with Gasteiger partial charge in [-0.15, -0.1) is 6.58 Å². The zero-order valence-corrected chi connectivity index (χ0v) is 11.0. The highest BCUT2D eigenvalue weighted by Crippen LogP contribution is 2.10. The van der Waals surface area contributed by atoms with Gasteiger partial charge in [0.15, 0.2) is 0 Å². The summed E-state index contributed by atoms with van der Waals surface area (Å²) >= 11 is 0. The minimum Gasteiger partial charge on any atom is -0.103 e. The topological polar surface area (TPSA) is 0 Å². The van der Waals surface area contributed by atoms with Gasteiger partial charge in [0.1, 0.15) is 0 Å². The predicted octanol–water partition coefficient (Wildman–Crippen LogP) is 4.51. The largest absolute Gasteiger partial charge is 0.103 e. The maximum Gasteiger partial charge on any atom is -0.0100 e. The van der Waals surface area contributed by atoms with Gasteiger partial charge in [0.2, 0.25) is 0 Å². The zero-order valence-electron chi connectivity index (χ0n) is 11.0. The van der Waals surface area contributed by atoms with E-state index in [0.29, 0.717) is 0 Å². The van der Waals surface area contributed by atoms with E-state index in [9.17, 15) is 0 Å². The minimum atomic E-state index is 0.957. The van der Waals surface area contributed by atoms with Crippen LogP contribution in [0.15, 0.2) is 61.2 Å². The lowest BCUT2D eigenvalue weighted by Crippen LogP contribution is -1.92. The summed E-state index contributed by atoms with van der Waals surface area (Å²) in [5.41, 5.74) is 5.48. The fourth-order valence-electron chi connectivity index (χ4n) is 2.05. The second kappa shape index (κ2) is 6.20. The number of rotatable bonds is 5. The third kappa shape index (κ3) is 3.59. The van der Waals surface area contributed by atoms with Crippen LogP contribution in [-0.2, 0) is 19.3 Å². The molecular formula is C18H20. The van der Waals surface area contributed by atoms with Crippen molar-refractivity contribution in [1.29, 1.82) is 0 Å². The summed E-state index contributed by atoms with van der Waals surface area (Å²) in [6, 6.07) is 17.7. The van der Waals surface area contributed by atoms with E-state index >= 15 is 0 Å². The van der Waals surface area contributed by atoms with Crippen molar-refractivity contribution < 1.29 is 0 Å². The second-order valence-corrected chi connectivity index (χ2v) is 4.79. The van der Waals surface area contributed by atoms with E-state index in [2.05, 4.69) is 62.0 Å². The van der Waals surface area contributed by atoms with Gasteiger partial charge < -0.3 is 0 Å². The SMILES string of the molecule is C=CCc1ccc(CCc2ccc(C)cc2)cc1. The summed E-state index contributed by atoms with van der Waals surface area (Å²) in [4.78, 5) is 0. The fraction of sp³-hybridized carbons (Fsp3) is 0.222. The van der Waals surface area contributed by atoms with Crippen molar-refractivity contribution >= 4 is 0 Å². The molecular weight excluding hydrogens is 216 g/mol. The smallest absolute Gasteiger partial charge is 0.0100 e. The molecule has 0 heterocycles. The first-order valence-corrected chi connectivity index (χ1v) is 6.52. The van der Waals surface area contributed by atoms with Gasteiger partial charge in [0, 0.05) is 0 Å². The van der Waals surface area contributed by atoms with Crippen LogP contribution in [0.2, 0.25) is 0 Å². The Morgan fingerprint density at radius 3 is 1.72 bits per heavy atom. The molecule has 2 aromatic carbocycles. The van der Waals surface area contributed by atoms with Crippen LogP contribution in [0.25, 0.3) is 0 Å². The summed E-state index contributed by atoms with van der Waals surface area (Å²) in [5, 5.41) is 0. The van der Waals surface area contributed by atoms with E-state index in [4.69, 9.17) is 0 Å². The Morgan fingerprint density at radius 1 is 0.778 bits per heavy atom. The molecule has 0 atom stereocenters. The third-order valence-electron chi connectivity index (χ3n) is 3.23. The predicted molar refractivity (Wildman–Crippen MR) is 78.9 cm³/mol. The molecule has 0 fully saturated rings. The number of aryl methyl sites for hydroxylation is 3. The van der Waals surface area contributed by atoms with Gasteiger partial charge in [-0.3, -0.25) is 0 Å². The molecule has 0 spiro atoms. The number of hydrogen-bond donors (Lipinski definition) is 0. The Kier molecular flexibility index (Phi) is 4.35. The molecule has 0 aliphatic heterocycles. The first-order valence-electron chi connectivity index (χ1n) is 6.52. The Morgan fingerprint density at radius 2 is 1.22 bits per heavy atom. The van der Waals surface area contributed by atoms with Crippen LogP contribution in [0.1, 0.15) is 22.3 Å². The average Bonchev–Trinajstić information content (AvgIpc) is 2.40. The van der Waals surface area contributed by atoms with Crippen molar-refractivity contribution in [2.45, 2.75) is 26.2 Å². The molecule has 0 bridgehead atoms. The molecule has 0 aliphatic rings. The van der Waals surface area contributed by atoms with E-state index in [1.807, 2.05) is 6.08 Å². The summed E-state index contributed by atoms with van der Waals surface area (Å²) in [6.45, 7) is 5.89. The van der Waals surface area contributed by atoms with Crippen LogP contribution in [-0.4, -0.2) is 0 Å². The molecule has 0 saturated heterocycles. The lowest BCUT2D eigenvalue weighted by atomic mass is 10.0. The van der Waals surface area contributed by atoms with Crippen LogP contribution in [0, 0.1) is 6.92 Å². The quantitative estimate of drug-likeness (QED) is 0.670. The molecule has 18 heavy (non-hydrogen) atoms. The molecule has 0 saturated carbocycles. The Balaban J connectivity index is 1.93. The van der Waals surface area contributed by atoms with E-state index in [-0.39, 0.29) is 0 Å². The summed E-state index contributed by atoms with van der Waals surface area (Å²) in [7, 11) is 0. The lowest BCUT2D eigenvalue weighted by Gasteiger charge is -2.04. The van der Waals surface area contributed by atoms with Crippen LogP contribution >= 0.6 is 0 Å². The maximum absolute atomic E-state index is 3.76. The van der Waals surface area contributed by atoms with Crippen LogP contribution < -0.4 is 0 Å². The van der Waals surface area contributed by atoms with Crippen molar-refractivity contribution in [3.8, 4) is 0 Å². The molecule has 0 amide bonds. The van der Waals surface area contributed by atoms with Gasteiger partial charge in [0.05, 0.1) is 0 Å². The monoisotopic (exact) mass is 236 g/mol. The van der Waals surface area contributed by atoms with E-state index in [1.54, 1.807) is 0 Å². The number of benzene rings is 2. The first kappa shape index (κ1) is 12.6. The van der Waals surface area contributed by atoms with Gasteiger partial charge >= 0.3 is 0 Å². The van der Waals surface area contributed by atoms with Crippen molar-refractivity contribution in [2.24, 2.45) is 0 Å². The molecule has 2 aromatic rings.